The van der Waals surface area contributed by atoms with E-state index in [1.165, 1.54) is 5.56 Å². The largest absolute Gasteiger partial charge is 0.392 e. The standard InChI is InChI=1S/C12H23N3OS/c1-6-13-7-11-8(2)14-15(5)12(11)17-10(4)9(3)16/h9-10,13,16H,6-7H2,1-5H3. The maximum absolute atomic E-state index is 9.58. The van der Waals surface area contributed by atoms with Crippen molar-refractivity contribution in [1.29, 1.82) is 0 Å². The van der Waals surface area contributed by atoms with Gasteiger partial charge in [-0.2, -0.15) is 5.10 Å². The van der Waals surface area contributed by atoms with Gasteiger partial charge in [0.25, 0.3) is 0 Å². The summed E-state index contributed by atoms with van der Waals surface area (Å²) in [6.07, 6.45) is -0.317. The Kier molecular flexibility index (Phi) is 5.49. The van der Waals surface area contributed by atoms with Crippen LogP contribution in [0.5, 0.6) is 0 Å². The Balaban J connectivity index is 2.88. The molecule has 0 aliphatic rings. The van der Waals surface area contributed by atoms with E-state index in [0.29, 0.717) is 0 Å². The van der Waals surface area contributed by atoms with Crippen molar-refractivity contribution in [3.63, 3.8) is 0 Å². The highest BCUT2D eigenvalue weighted by molar-refractivity contribution is 8.00. The van der Waals surface area contributed by atoms with Crippen LogP contribution >= 0.6 is 11.8 Å². The van der Waals surface area contributed by atoms with Gasteiger partial charge in [0.05, 0.1) is 16.8 Å². The molecule has 98 valence electrons. The Bertz CT molecular complexity index is 363. The predicted octanol–water partition coefficient (Wildman–Crippen LogP) is 1.70. The molecule has 0 bridgehead atoms. The van der Waals surface area contributed by atoms with Gasteiger partial charge >= 0.3 is 0 Å². The predicted molar refractivity (Wildman–Crippen MR) is 72.3 cm³/mol. The maximum Gasteiger partial charge on any atom is 0.0987 e. The van der Waals surface area contributed by atoms with Gasteiger partial charge in [-0.05, 0) is 20.4 Å². The van der Waals surface area contributed by atoms with E-state index in [0.717, 1.165) is 23.8 Å². The molecule has 0 saturated heterocycles. The number of rotatable bonds is 6. The third-order valence-corrected chi connectivity index (χ3v) is 4.32. The summed E-state index contributed by atoms with van der Waals surface area (Å²) in [5.41, 5.74) is 2.31. The Morgan fingerprint density at radius 2 is 2.12 bits per heavy atom. The Morgan fingerprint density at radius 1 is 1.47 bits per heavy atom. The minimum atomic E-state index is -0.317. The molecule has 5 heteroatoms. The fraction of sp³-hybridized carbons (Fsp3) is 0.750. The number of nitrogens with zero attached hydrogens (tertiary/aromatic N) is 2. The van der Waals surface area contributed by atoms with Gasteiger partial charge in [-0.1, -0.05) is 13.8 Å². The number of hydrogen-bond donors (Lipinski definition) is 2. The number of aliphatic hydroxyl groups excluding tert-OH is 1. The highest BCUT2D eigenvalue weighted by Crippen LogP contribution is 2.29. The van der Waals surface area contributed by atoms with Gasteiger partial charge in [-0.25, -0.2) is 0 Å². The van der Waals surface area contributed by atoms with Crippen LogP contribution < -0.4 is 5.32 Å². The number of thioether (sulfide) groups is 1. The number of aromatic nitrogens is 2. The third kappa shape index (κ3) is 3.72. The van der Waals surface area contributed by atoms with Crippen molar-refractivity contribution in [3.8, 4) is 0 Å². The second kappa shape index (κ2) is 6.42. The molecule has 2 N–H and O–H groups in total. The first kappa shape index (κ1) is 14.5. The normalized spacial score (nSPS) is 14.9. The highest BCUT2D eigenvalue weighted by atomic mass is 32.2. The molecule has 2 atom stereocenters. The lowest BCUT2D eigenvalue weighted by Crippen LogP contribution is -2.17. The van der Waals surface area contributed by atoms with Gasteiger partial charge in [0, 0.05) is 24.4 Å². The number of aliphatic hydroxyl groups is 1. The minimum absolute atomic E-state index is 0.171. The van der Waals surface area contributed by atoms with Crippen LogP contribution in [0.2, 0.25) is 0 Å². The first-order valence-corrected chi connectivity index (χ1v) is 6.93. The monoisotopic (exact) mass is 257 g/mol. The molecule has 0 saturated carbocycles. The Morgan fingerprint density at radius 3 is 2.65 bits per heavy atom. The smallest absolute Gasteiger partial charge is 0.0987 e. The number of hydrogen-bond acceptors (Lipinski definition) is 4. The van der Waals surface area contributed by atoms with Gasteiger partial charge in [0.15, 0.2) is 0 Å². The van der Waals surface area contributed by atoms with Gasteiger partial charge in [0.1, 0.15) is 0 Å². The number of aryl methyl sites for hydroxylation is 2. The molecule has 0 spiro atoms. The van der Waals surface area contributed by atoms with E-state index < -0.39 is 0 Å². The lowest BCUT2D eigenvalue weighted by Gasteiger charge is -2.15. The van der Waals surface area contributed by atoms with Crippen LogP contribution in [0.3, 0.4) is 0 Å². The number of nitrogens with one attached hydrogen (secondary N) is 1. The molecule has 17 heavy (non-hydrogen) atoms. The molecule has 1 heterocycles. The fourth-order valence-corrected chi connectivity index (χ4v) is 2.66. The van der Waals surface area contributed by atoms with Gasteiger partial charge in [-0.3, -0.25) is 4.68 Å². The fourth-order valence-electron chi connectivity index (χ4n) is 1.56. The first-order chi connectivity index (χ1) is 7.97. The van der Waals surface area contributed by atoms with Crippen molar-refractivity contribution in [2.45, 2.75) is 50.6 Å². The van der Waals surface area contributed by atoms with Crippen molar-refractivity contribution in [2.75, 3.05) is 6.54 Å². The van der Waals surface area contributed by atoms with E-state index >= 15 is 0 Å². The molecule has 0 radical (unpaired) electrons. The van der Waals surface area contributed by atoms with Crippen LogP contribution in [0, 0.1) is 6.92 Å². The van der Waals surface area contributed by atoms with E-state index in [2.05, 4.69) is 17.3 Å². The zero-order chi connectivity index (χ0) is 13.0. The summed E-state index contributed by atoms with van der Waals surface area (Å²) in [6, 6.07) is 0. The van der Waals surface area contributed by atoms with Crippen molar-refractivity contribution < 1.29 is 5.11 Å². The van der Waals surface area contributed by atoms with Crippen LogP contribution in [-0.2, 0) is 13.6 Å². The SMILES string of the molecule is CCNCc1c(C)nn(C)c1SC(C)C(C)O. The molecule has 4 nitrogen and oxygen atoms in total. The molecule has 0 fully saturated rings. The molecule has 0 aliphatic heterocycles. The lowest BCUT2D eigenvalue weighted by molar-refractivity contribution is 0.196. The minimum Gasteiger partial charge on any atom is -0.392 e. The summed E-state index contributed by atoms with van der Waals surface area (Å²) >= 11 is 1.69. The van der Waals surface area contributed by atoms with Crippen molar-refractivity contribution in [1.82, 2.24) is 15.1 Å². The molecule has 1 aromatic rings. The van der Waals surface area contributed by atoms with Crippen LogP contribution in [0.15, 0.2) is 5.03 Å². The summed E-state index contributed by atoms with van der Waals surface area (Å²) in [6.45, 7) is 9.77. The zero-order valence-electron chi connectivity index (χ0n) is 11.3. The molecule has 0 aliphatic carbocycles. The van der Waals surface area contributed by atoms with Crippen LogP contribution in [0.4, 0.5) is 0 Å². The van der Waals surface area contributed by atoms with Crippen LogP contribution in [-0.4, -0.2) is 32.8 Å². The summed E-state index contributed by atoms with van der Waals surface area (Å²) in [4.78, 5) is 0. The molecule has 0 amide bonds. The highest BCUT2D eigenvalue weighted by Gasteiger charge is 2.18. The van der Waals surface area contributed by atoms with E-state index in [1.54, 1.807) is 11.8 Å². The topological polar surface area (TPSA) is 50.1 Å². The molecule has 0 aromatic carbocycles. The maximum atomic E-state index is 9.58. The van der Waals surface area contributed by atoms with E-state index in [9.17, 15) is 5.11 Å². The van der Waals surface area contributed by atoms with E-state index in [4.69, 9.17) is 0 Å². The van der Waals surface area contributed by atoms with Gasteiger partial charge < -0.3 is 10.4 Å². The van der Waals surface area contributed by atoms with E-state index in [1.807, 2.05) is 32.5 Å². The summed E-state index contributed by atoms with van der Waals surface area (Å²) in [5, 5.41) is 18.7. The quantitative estimate of drug-likeness (QED) is 0.762. The second-order valence-corrected chi connectivity index (χ2v) is 5.70. The van der Waals surface area contributed by atoms with Gasteiger partial charge in [0.2, 0.25) is 0 Å². The van der Waals surface area contributed by atoms with Crippen molar-refractivity contribution in [3.05, 3.63) is 11.3 Å². The molecule has 1 rings (SSSR count). The second-order valence-electron chi connectivity index (χ2n) is 4.34. The van der Waals surface area contributed by atoms with Crippen molar-refractivity contribution in [2.24, 2.45) is 7.05 Å². The summed E-state index contributed by atoms with van der Waals surface area (Å²) in [7, 11) is 1.96. The molecule has 1 aromatic heterocycles. The molecular weight excluding hydrogens is 234 g/mol. The van der Waals surface area contributed by atoms with Gasteiger partial charge in [-0.15, -0.1) is 11.8 Å². The van der Waals surface area contributed by atoms with Crippen LogP contribution in [0.25, 0.3) is 0 Å². The van der Waals surface area contributed by atoms with E-state index in [-0.39, 0.29) is 11.4 Å². The van der Waals surface area contributed by atoms with Crippen molar-refractivity contribution >= 4 is 11.8 Å². The lowest BCUT2D eigenvalue weighted by atomic mass is 10.2. The average molecular weight is 257 g/mol. The Labute approximate surface area is 108 Å². The summed E-state index contributed by atoms with van der Waals surface area (Å²) < 4.78 is 1.91. The molecular formula is C12H23N3OS. The van der Waals surface area contributed by atoms with Crippen LogP contribution in [0.1, 0.15) is 32.0 Å². The zero-order valence-corrected chi connectivity index (χ0v) is 12.1. The Hall–Kier alpha value is -0.520. The average Bonchev–Trinajstić information content (AvgIpc) is 2.51. The molecule has 2 unspecified atom stereocenters. The first-order valence-electron chi connectivity index (χ1n) is 6.05. The third-order valence-electron chi connectivity index (χ3n) is 2.82. The summed E-state index contributed by atoms with van der Waals surface area (Å²) in [5.74, 6) is 0.